The number of nitrogens with zero attached hydrogens (tertiary/aromatic N) is 2. The second kappa shape index (κ2) is 8.56. The van der Waals surface area contributed by atoms with Crippen LogP contribution in [0, 0.1) is 0 Å². The summed E-state index contributed by atoms with van der Waals surface area (Å²) in [6.07, 6.45) is 2.83. The lowest BCUT2D eigenvalue weighted by atomic mass is 9.63. The molecule has 2 N–H and O–H groups in total. The van der Waals surface area contributed by atoms with E-state index in [4.69, 9.17) is 11.6 Å². The lowest BCUT2D eigenvalue weighted by Gasteiger charge is -2.46. The van der Waals surface area contributed by atoms with Crippen LogP contribution in [0.15, 0.2) is 48.5 Å². The van der Waals surface area contributed by atoms with E-state index in [2.05, 4.69) is 15.5 Å². The summed E-state index contributed by atoms with van der Waals surface area (Å²) in [4.78, 5) is 29.3. The normalized spacial score (nSPS) is 17.8. The lowest BCUT2D eigenvalue weighted by molar-refractivity contribution is -0.141. The van der Waals surface area contributed by atoms with Crippen LogP contribution < -0.4 is 15.5 Å². The average molecular weight is 427 g/mol. The quantitative estimate of drug-likeness (QED) is 0.780. The Morgan fingerprint density at radius 1 is 0.933 bits per heavy atom. The van der Waals surface area contributed by atoms with Crippen LogP contribution in [-0.2, 0) is 10.2 Å². The molecular formula is C23H27ClN4O2. The molecule has 30 heavy (non-hydrogen) atoms. The molecule has 1 saturated heterocycles. The van der Waals surface area contributed by atoms with Crippen molar-refractivity contribution in [2.24, 2.45) is 0 Å². The molecule has 0 radical (unpaired) electrons. The minimum Gasteiger partial charge on any atom is -0.368 e. The minimum atomic E-state index is -0.423. The van der Waals surface area contributed by atoms with Gasteiger partial charge in [0, 0.05) is 49.6 Å². The lowest BCUT2D eigenvalue weighted by Crippen LogP contribution is -2.56. The van der Waals surface area contributed by atoms with Gasteiger partial charge in [-0.1, -0.05) is 30.2 Å². The van der Waals surface area contributed by atoms with Crippen molar-refractivity contribution in [2.45, 2.75) is 24.7 Å². The molecular weight excluding hydrogens is 400 g/mol. The Labute approximate surface area is 182 Å². The van der Waals surface area contributed by atoms with E-state index in [0.717, 1.165) is 67.4 Å². The van der Waals surface area contributed by atoms with Gasteiger partial charge in [-0.3, -0.25) is 4.79 Å². The number of nitrogens with one attached hydrogen (secondary N) is 2. The van der Waals surface area contributed by atoms with Gasteiger partial charge in [-0.2, -0.15) is 0 Å². The Morgan fingerprint density at radius 3 is 2.10 bits per heavy atom. The molecule has 0 bridgehead atoms. The van der Waals surface area contributed by atoms with Gasteiger partial charge >= 0.3 is 6.03 Å². The number of rotatable bonds is 4. The maximum Gasteiger partial charge on any atom is 0.318 e. The summed E-state index contributed by atoms with van der Waals surface area (Å²) >= 11 is 5.99. The van der Waals surface area contributed by atoms with Crippen molar-refractivity contribution < 1.29 is 9.59 Å². The third kappa shape index (κ3) is 3.97. The number of benzene rings is 2. The van der Waals surface area contributed by atoms with Crippen LogP contribution >= 0.6 is 11.6 Å². The van der Waals surface area contributed by atoms with Gasteiger partial charge in [-0.05, 0) is 54.8 Å². The highest BCUT2D eigenvalue weighted by atomic mass is 35.5. The van der Waals surface area contributed by atoms with Gasteiger partial charge in [0.15, 0.2) is 0 Å². The van der Waals surface area contributed by atoms with Gasteiger partial charge in [-0.25, -0.2) is 4.79 Å². The van der Waals surface area contributed by atoms with Gasteiger partial charge in [0.2, 0.25) is 5.91 Å². The van der Waals surface area contributed by atoms with E-state index in [0.29, 0.717) is 0 Å². The number of hydrogen-bond donors (Lipinski definition) is 2. The van der Waals surface area contributed by atoms with Crippen LogP contribution in [-0.4, -0.2) is 50.1 Å². The predicted molar refractivity (Wildman–Crippen MR) is 120 cm³/mol. The highest BCUT2D eigenvalue weighted by molar-refractivity contribution is 6.30. The van der Waals surface area contributed by atoms with Crippen LogP contribution in [0.3, 0.4) is 0 Å². The number of amides is 3. The molecule has 2 aromatic carbocycles. The first-order valence-corrected chi connectivity index (χ1v) is 10.8. The molecule has 2 aliphatic rings. The van der Waals surface area contributed by atoms with Crippen molar-refractivity contribution in [2.75, 3.05) is 43.4 Å². The van der Waals surface area contributed by atoms with Crippen molar-refractivity contribution in [3.05, 3.63) is 59.1 Å². The number of piperazine rings is 1. The molecule has 0 unspecified atom stereocenters. The average Bonchev–Trinajstić information content (AvgIpc) is 2.74. The summed E-state index contributed by atoms with van der Waals surface area (Å²) in [6, 6.07) is 15.3. The highest BCUT2D eigenvalue weighted by Crippen LogP contribution is 2.45. The summed E-state index contributed by atoms with van der Waals surface area (Å²) in [7, 11) is 1.58. The van der Waals surface area contributed by atoms with Gasteiger partial charge < -0.3 is 20.4 Å². The number of carbonyl (C=O) groups excluding carboxylic acids is 2. The SMILES string of the molecule is CNC(=O)Nc1ccc(C2(C(=O)N3CCN(c4ccc(Cl)cc4)CC3)CCC2)cc1. The maximum atomic E-state index is 13.5. The fourth-order valence-electron chi connectivity index (χ4n) is 4.34. The van der Waals surface area contributed by atoms with E-state index in [-0.39, 0.29) is 11.9 Å². The molecule has 0 atom stereocenters. The van der Waals surface area contributed by atoms with Crippen molar-refractivity contribution >= 4 is 34.9 Å². The molecule has 4 rings (SSSR count). The first kappa shape index (κ1) is 20.5. The van der Waals surface area contributed by atoms with E-state index < -0.39 is 5.41 Å². The zero-order chi connectivity index (χ0) is 21.1. The predicted octanol–water partition coefficient (Wildman–Crippen LogP) is 3.86. The second-order valence-electron chi connectivity index (χ2n) is 7.97. The van der Waals surface area contributed by atoms with Crippen LogP contribution in [0.1, 0.15) is 24.8 Å². The van der Waals surface area contributed by atoms with Crippen molar-refractivity contribution in [3.8, 4) is 0 Å². The maximum absolute atomic E-state index is 13.5. The van der Waals surface area contributed by atoms with Crippen LogP contribution in [0.2, 0.25) is 5.02 Å². The zero-order valence-electron chi connectivity index (χ0n) is 17.2. The first-order chi connectivity index (χ1) is 14.5. The molecule has 1 aliphatic carbocycles. The fourth-order valence-corrected chi connectivity index (χ4v) is 4.47. The fraction of sp³-hybridized carbons (Fsp3) is 0.391. The van der Waals surface area contributed by atoms with E-state index >= 15 is 0 Å². The summed E-state index contributed by atoms with van der Waals surface area (Å²) in [6.45, 7) is 3.08. The molecule has 0 spiro atoms. The summed E-state index contributed by atoms with van der Waals surface area (Å²) in [5.74, 6) is 0.233. The van der Waals surface area contributed by atoms with E-state index in [1.165, 1.54) is 0 Å². The van der Waals surface area contributed by atoms with Gasteiger partial charge in [0.05, 0.1) is 5.41 Å². The Hall–Kier alpha value is -2.73. The number of urea groups is 1. The van der Waals surface area contributed by atoms with Crippen molar-refractivity contribution in [1.29, 1.82) is 0 Å². The van der Waals surface area contributed by atoms with Crippen LogP contribution in [0.5, 0.6) is 0 Å². The molecule has 0 aromatic heterocycles. The van der Waals surface area contributed by atoms with Crippen molar-refractivity contribution in [1.82, 2.24) is 10.2 Å². The summed E-state index contributed by atoms with van der Waals surface area (Å²) < 4.78 is 0. The standard InChI is InChI=1S/C23H27ClN4O2/c1-25-22(30)26-19-7-3-17(4-8-19)23(11-2-12-23)21(29)28-15-13-27(14-16-28)20-9-5-18(24)6-10-20/h3-10H,2,11-16H2,1H3,(H2,25,26,30). The van der Waals surface area contributed by atoms with E-state index in [9.17, 15) is 9.59 Å². The van der Waals surface area contributed by atoms with Gasteiger partial charge in [0.25, 0.3) is 0 Å². The Balaban J connectivity index is 1.43. The molecule has 2 aromatic rings. The number of hydrogen-bond acceptors (Lipinski definition) is 3. The van der Waals surface area contributed by atoms with Gasteiger partial charge in [-0.15, -0.1) is 0 Å². The molecule has 1 heterocycles. The number of halogens is 1. The third-order valence-corrected chi connectivity index (χ3v) is 6.55. The molecule has 1 saturated carbocycles. The number of carbonyl (C=O) groups is 2. The molecule has 1 aliphatic heterocycles. The molecule has 6 nitrogen and oxygen atoms in total. The highest BCUT2D eigenvalue weighted by Gasteiger charge is 2.47. The zero-order valence-corrected chi connectivity index (χ0v) is 17.9. The summed E-state index contributed by atoms with van der Waals surface area (Å²) in [5, 5.41) is 6.03. The molecule has 2 fully saturated rings. The smallest absolute Gasteiger partial charge is 0.318 e. The van der Waals surface area contributed by atoms with E-state index in [1.807, 2.05) is 53.4 Å². The number of anilines is 2. The molecule has 158 valence electrons. The molecule has 3 amide bonds. The first-order valence-electron chi connectivity index (χ1n) is 10.4. The largest absolute Gasteiger partial charge is 0.368 e. The van der Waals surface area contributed by atoms with Crippen LogP contribution in [0.25, 0.3) is 0 Å². The second-order valence-corrected chi connectivity index (χ2v) is 8.41. The molecule has 7 heteroatoms. The van der Waals surface area contributed by atoms with Gasteiger partial charge in [0.1, 0.15) is 0 Å². The van der Waals surface area contributed by atoms with Crippen LogP contribution in [0.4, 0.5) is 16.2 Å². The minimum absolute atomic E-state index is 0.233. The summed E-state index contributed by atoms with van der Waals surface area (Å²) in [5.41, 5.74) is 2.48. The monoisotopic (exact) mass is 426 g/mol. The third-order valence-electron chi connectivity index (χ3n) is 6.30. The Morgan fingerprint density at radius 2 is 1.57 bits per heavy atom. The topological polar surface area (TPSA) is 64.7 Å². The Bertz CT molecular complexity index is 902. The van der Waals surface area contributed by atoms with E-state index in [1.54, 1.807) is 7.05 Å². The Kier molecular flexibility index (Phi) is 5.86. The van der Waals surface area contributed by atoms with Crippen molar-refractivity contribution in [3.63, 3.8) is 0 Å².